The molecule has 1 heterocycles. The molecule has 0 saturated carbocycles. The largest absolute Gasteiger partial charge is 0.426 e. The van der Waals surface area contributed by atoms with Gasteiger partial charge in [-0.2, -0.15) is 4.98 Å². The summed E-state index contributed by atoms with van der Waals surface area (Å²) in [6, 6.07) is 4.18. The Labute approximate surface area is 117 Å². The lowest BCUT2D eigenvalue weighted by Crippen LogP contribution is -2.03. The normalized spacial score (nSPS) is 10.1. The Kier molecular flexibility index (Phi) is 3.61. The Hall–Kier alpha value is -3.30. The molecular formula is C11H9N5O5. The number of nitrogen functional groups attached to an aromatic ring is 1. The number of hydrogen-bond donors (Lipinski definition) is 1. The molecule has 2 N–H and O–H groups in total. The van der Waals surface area contributed by atoms with Crippen LogP contribution < -0.4 is 10.5 Å². The molecule has 0 unspecified atom stereocenters. The van der Waals surface area contributed by atoms with Gasteiger partial charge in [0.1, 0.15) is 6.33 Å². The van der Waals surface area contributed by atoms with E-state index >= 15 is 0 Å². The van der Waals surface area contributed by atoms with Crippen molar-refractivity contribution in [2.75, 3.05) is 5.73 Å². The summed E-state index contributed by atoms with van der Waals surface area (Å²) in [6.45, 7) is 1.67. The lowest BCUT2D eigenvalue weighted by atomic mass is 10.2. The molecule has 0 atom stereocenters. The molecule has 108 valence electrons. The Morgan fingerprint density at radius 3 is 2.52 bits per heavy atom. The number of nitro benzene ring substituents is 1. The fraction of sp³-hybridized carbons (Fsp3) is 0.0909. The summed E-state index contributed by atoms with van der Waals surface area (Å²) in [6.07, 6.45) is 0.970. The zero-order valence-electron chi connectivity index (χ0n) is 10.7. The number of benzene rings is 1. The van der Waals surface area contributed by atoms with Gasteiger partial charge < -0.3 is 10.5 Å². The SMILES string of the molecule is Cc1ccc(Oc2ncnc(N)c2[N+](=O)[O-])c([N+](=O)[O-])c1. The van der Waals surface area contributed by atoms with E-state index in [1.54, 1.807) is 13.0 Å². The number of nitro groups is 2. The summed E-state index contributed by atoms with van der Waals surface area (Å²) >= 11 is 0. The smallest absolute Gasteiger partial charge is 0.372 e. The summed E-state index contributed by atoms with van der Waals surface area (Å²) in [5.41, 5.74) is 5.06. The molecule has 10 heteroatoms. The minimum absolute atomic E-state index is 0.174. The van der Waals surface area contributed by atoms with Crippen molar-refractivity contribution in [1.82, 2.24) is 9.97 Å². The van der Waals surface area contributed by atoms with Crippen LogP contribution in [0, 0.1) is 27.2 Å². The highest BCUT2D eigenvalue weighted by Crippen LogP contribution is 2.36. The summed E-state index contributed by atoms with van der Waals surface area (Å²) in [4.78, 5) is 27.5. The molecule has 2 aromatic rings. The van der Waals surface area contributed by atoms with Gasteiger partial charge in [0.05, 0.1) is 9.85 Å². The molecule has 0 saturated heterocycles. The molecule has 21 heavy (non-hydrogen) atoms. The molecule has 0 radical (unpaired) electrons. The predicted molar refractivity (Wildman–Crippen MR) is 71.0 cm³/mol. The Morgan fingerprint density at radius 2 is 1.90 bits per heavy atom. The topological polar surface area (TPSA) is 147 Å². The van der Waals surface area contributed by atoms with Crippen LogP contribution in [0.2, 0.25) is 0 Å². The first-order valence-corrected chi connectivity index (χ1v) is 5.58. The van der Waals surface area contributed by atoms with E-state index in [0.717, 1.165) is 6.33 Å². The van der Waals surface area contributed by atoms with Crippen molar-refractivity contribution in [2.24, 2.45) is 0 Å². The van der Waals surface area contributed by atoms with Crippen LogP contribution in [0.25, 0.3) is 0 Å². The van der Waals surface area contributed by atoms with E-state index in [4.69, 9.17) is 10.5 Å². The third kappa shape index (κ3) is 2.83. The monoisotopic (exact) mass is 291 g/mol. The summed E-state index contributed by atoms with van der Waals surface area (Å²) in [7, 11) is 0. The van der Waals surface area contributed by atoms with Gasteiger partial charge in [0.25, 0.3) is 0 Å². The highest BCUT2D eigenvalue weighted by Gasteiger charge is 2.25. The maximum Gasteiger partial charge on any atom is 0.372 e. The zero-order chi connectivity index (χ0) is 15.6. The van der Waals surface area contributed by atoms with Gasteiger partial charge >= 0.3 is 17.3 Å². The van der Waals surface area contributed by atoms with Crippen molar-refractivity contribution in [3.8, 4) is 11.6 Å². The lowest BCUT2D eigenvalue weighted by molar-refractivity contribution is -0.387. The zero-order valence-corrected chi connectivity index (χ0v) is 10.7. The van der Waals surface area contributed by atoms with Crippen LogP contribution >= 0.6 is 0 Å². The van der Waals surface area contributed by atoms with Gasteiger partial charge in [0.2, 0.25) is 11.6 Å². The van der Waals surface area contributed by atoms with Gasteiger partial charge in [-0.1, -0.05) is 6.07 Å². The first kappa shape index (κ1) is 14.1. The fourth-order valence-corrected chi connectivity index (χ4v) is 1.58. The number of nitrogens with two attached hydrogens (primary N) is 1. The molecule has 0 amide bonds. The first-order chi connectivity index (χ1) is 9.90. The van der Waals surface area contributed by atoms with Gasteiger partial charge in [-0.25, -0.2) is 4.98 Å². The average molecular weight is 291 g/mol. The second-order valence-electron chi connectivity index (χ2n) is 4.00. The van der Waals surface area contributed by atoms with Crippen LogP contribution in [0.1, 0.15) is 5.56 Å². The minimum atomic E-state index is -0.815. The molecule has 1 aromatic heterocycles. The third-order valence-corrected chi connectivity index (χ3v) is 2.52. The Bertz CT molecular complexity index is 733. The quantitative estimate of drug-likeness (QED) is 0.663. The molecule has 10 nitrogen and oxygen atoms in total. The van der Waals surface area contributed by atoms with Crippen LogP contribution in [0.4, 0.5) is 17.2 Å². The second-order valence-corrected chi connectivity index (χ2v) is 4.00. The molecule has 1 aromatic carbocycles. The lowest BCUT2D eigenvalue weighted by Gasteiger charge is -2.06. The fourth-order valence-electron chi connectivity index (χ4n) is 1.58. The highest BCUT2D eigenvalue weighted by molar-refractivity contribution is 5.60. The van der Waals surface area contributed by atoms with E-state index in [2.05, 4.69) is 9.97 Å². The van der Waals surface area contributed by atoms with E-state index < -0.39 is 21.4 Å². The van der Waals surface area contributed by atoms with Crippen LogP contribution in [0.3, 0.4) is 0 Å². The van der Waals surface area contributed by atoms with E-state index in [9.17, 15) is 20.2 Å². The molecule has 0 spiro atoms. The molecule has 0 fully saturated rings. The van der Waals surface area contributed by atoms with E-state index in [1.165, 1.54) is 12.1 Å². The summed E-state index contributed by atoms with van der Waals surface area (Å²) < 4.78 is 5.18. The molecule has 0 aliphatic rings. The number of aryl methyl sites for hydroxylation is 1. The van der Waals surface area contributed by atoms with Gasteiger partial charge in [0, 0.05) is 6.07 Å². The first-order valence-electron chi connectivity index (χ1n) is 5.58. The summed E-state index contributed by atoms with van der Waals surface area (Å²) in [5.74, 6) is -1.02. The van der Waals surface area contributed by atoms with Crippen molar-refractivity contribution < 1.29 is 14.6 Å². The van der Waals surface area contributed by atoms with Gasteiger partial charge in [-0.05, 0) is 18.6 Å². The number of hydrogen-bond acceptors (Lipinski definition) is 8. The highest BCUT2D eigenvalue weighted by atomic mass is 16.6. The van der Waals surface area contributed by atoms with Crippen molar-refractivity contribution in [3.05, 3.63) is 50.3 Å². The maximum atomic E-state index is 11.0. The number of anilines is 1. The van der Waals surface area contributed by atoms with Crippen LogP contribution in [0.15, 0.2) is 24.5 Å². The number of rotatable bonds is 4. The van der Waals surface area contributed by atoms with Gasteiger partial charge in [-0.3, -0.25) is 20.2 Å². The number of aromatic nitrogens is 2. The molecule has 0 aliphatic carbocycles. The second kappa shape index (κ2) is 5.36. The maximum absolute atomic E-state index is 11.0. The molecule has 0 bridgehead atoms. The van der Waals surface area contributed by atoms with E-state index in [-0.39, 0.29) is 17.3 Å². The van der Waals surface area contributed by atoms with Crippen molar-refractivity contribution in [2.45, 2.75) is 6.92 Å². The van der Waals surface area contributed by atoms with Crippen molar-refractivity contribution in [1.29, 1.82) is 0 Å². The van der Waals surface area contributed by atoms with Crippen molar-refractivity contribution in [3.63, 3.8) is 0 Å². The van der Waals surface area contributed by atoms with E-state index in [0.29, 0.717) is 5.56 Å². The minimum Gasteiger partial charge on any atom is -0.426 e. The van der Waals surface area contributed by atoms with Crippen LogP contribution in [-0.2, 0) is 0 Å². The van der Waals surface area contributed by atoms with E-state index in [1.807, 2.05) is 0 Å². The average Bonchev–Trinajstić information content (AvgIpc) is 2.40. The molecule has 0 aliphatic heterocycles. The van der Waals surface area contributed by atoms with Crippen molar-refractivity contribution >= 4 is 17.2 Å². The van der Waals surface area contributed by atoms with Gasteiger partial charge in [-0.15, -0.1) is 0 Å². The molecule has 2 rings (SSSR count). The third-order valence-electron chi connectivity index (χ3n) is 2.52. The number of nitrogens with zero attached hydrogens (tertiary/aromatic N) is 4. The predicted octanol–water partition coefficient (Wildman–Crippen LogP) is 1.98. The Balaban J connectivity index is 2.51. The standard InChI is InChI=1S/C11H9N5O5/c1-6-2-3-8(7(4-6)15(17)18)21-11-9(16(19)20)10(12)13-5-14-11/h2-5H,1H3,(H2,12,13,14). The summed E-state index contributed by atoms with van der Waals surface area (Å²) in [5, 5.41) is 21.9. The molecular weight excluding hydrogens is 282 g/mol. The van der Waals surface area contributed by atoms with Crippen LogP contribution in [0.5, 0.6) is 11.6 Å². The number of ether oxygens (including phenoxy) is 1. The van der Waals surface area contributed by atoms with Gasteiger partial charge in [0.15, 0.2) is 0 Å². The van der Waals surface area contributed by atoms with Crippen LogP contribution in [-0.4, -0.2) is 19.8 Å². The Morgan fingerprint density at radius 1 is 1.19 bits per heavy atom.